The van der Waals surface area contributed by atoms with E-state index < -0.39 is 0 Å². The van der Waals surface area contributed by atoms with Crippen LogP contribution in [-0.4, -0.2) is 10.2 Å². The first-order chi connectivity index (χ1) is 9.60. The molecule has 0 amide bonds. The minimum Gasteiger partial charge on any atom is -0.452 e. The van der Waals surface area contributed by atoms with Gasteiger partial charge in [-0.25, -0.2) is 0 Å². The first-order valence-electron chi connectivity index (χ1n) is 6.53. The molecule has 20 heavy (non-hydrogen) atoms. The molecule has 0 spiro atoms. The van der Waals surface area contributed by atoms with Gasteiger partial charge in [-0.05, 0) is 49.9 Å². The Balaban J connectivity index is 1.96. The van der Waals surface area contributed by atoms with Gasteiger partial charge in [0.05, 0.1) is 17.3 Å². The van der Waals surface area contributed by atoms with Crippen LogP contribution in [0.2, 0.25) is 5.15 Å². The predicted molar refractivity (Wildman–Crippen MR) is 76.3 cm³/mol. The second kappa shape index (κ2) is 4.84. The van der Waals surface area contributed by atoms with Crippen molar-refractivity contribution in [3.63, 3.8) is 0 Å². The van der Waals surface area contributed by atoms with Crippen molar-refractivity contribution >= 4 is 11.6 Å². The van der Waals surface area contributed by atoms with E-state index in [4.69, 9.17) is 21.6 Å². The maximum atomic E-state index is 9.09. The molecule has 1 N–H and O–H groups in total. The molecule has 2 aromatic rings. The highest BCUT2D eigenvalue weighted by Gasteiger charge is 2.30. The van der Waals surface area contributed by atoms with Crippen molar-refractivity contribution in [3.8, 4) is 17.6 Å². The van der Waals surface area contributed by atoms with Gasteiger partial charge in [-0.2, -0.15) is 10.4 Å². The molecule has 0 unspecified atom stereocenters. The van der Waals surface area contributed by atoms with Crippen LogP contribution in [0.25, 0.3) is 0 Å². The van der Waals surface area contributed by atoms with Crippen LogP contribution >= 0.6 is 11.6 Å². The van der Waals surface area contributed by atoms with Crippen LogP contribution in [0.15, 0.2) is 12.1 Å². The lowest BCUT2D eigenvalue weighted by Crippen LogP contribution is -1.93. The number of benzene rings is 1. The van der Waals surface area contributed by atoms with Gasteiger partial charge in [0.25, 0.3) is 0 Å². The smallest absolute Gasteiger partial charge is 0.193 e. The maximum absolute atomic E-state index is 9.09. The van der Waals surface area contributed by atoms with E-state index in [1.807, 2.05) is 26.0 Å². The average molecular weight is 288 g/mol. The molecule has 1 aromatic carbocycles. The Bertz CT molecular complexity index is 687. The largest absolute Gasteiger partial charge is 0.452 e. The molecule has 1 heterocycles. The molecule has 102 valence electrons. The lowest BCUT2D eigenvalue weighted by Gasteiger charge is -2.10. The number of rotatable bonds is 3. The Labute approximate surface area is 122 Å². The Morgan fingerprint density at radius 1 is 1.35 bits per heavy atom. The van der Waals surface area contributed by atoms with E-state index in [9.17, 15) is 0 Å². The van der Waals surface area contributed by atoms with E-state index in [1.54, 1.807) is 0 Å². The number of aromatic nitrogens is 2. The number of hydrogen-bond acceptors (Lipinski definition) is 3. The quantitative estimate of drug-likeness (QED) is 0.919. The fourth-order valence-electron chi connectivity index (χ4n) is 2.34. The van der Waals surface area contributed by atoms with E-state index >= 15 is 0 Å². The molecule has 4 nitrogen and oxygen atoms in total. The number of nitrogens with one attached hydrogen (secondary N) is 1. The van der Waals surface area contributed by atoms with Crippen molar-refractivity contribution in [2.24, 2.45) is 0 Å². The summed E-state index contributed by atoms with van der Waals surface area (Å²) >= 11 is 6.09. The fourth-order valence-corrected chi connectivity index (χ4v) is 2.53. The molecule has 3 rings (SSSR count). The van der Waals surface area contributed by atoms with Crippen molar-refractivity contribution in [1.82, 2.24) is 10.2 Å². The molecular formula is C15H14ClN3O. The van der Waals surface area contributed by atoms with Crippen LogP contribution < -0.4 is 4.74 Å². The van der Waals surface area contributed by atoms with Crippen LogP contribution in [0.1, 0.15) is 41.1 Å². The zero-order valence-corrected chi connectivity index (χ0v) is 12.1. The number of aryl methyl sites for hydroxylation is 2. The molecule has 0 atom stereocenters. The molecule has 1 aliphatic rings. The standard InChI is InChI=1S/C15H14ClN3O/c1-8-5-11(6-9(2)12(8)7-17)20-14-13(10-3-4-10)18-19-15(14)16/h5-6,10H,3-4H2,1-2H3,(H,18,19). The van der Waals surface area contributed by atoms with Crippen LogP contribution in [0, 0.1) is 25.2 Å². The molecule has 1 aliphatic carbocycles. The number of nitriles is 1. The Morgan fingerprint density at radius 2 is 2.00 bits per heavy atom. The summed E-state index contributed by atoms with van der Waals surface area (Å²) < 4.78 is 5.91. The van der Waals surface area contributed by atoms with Gasteiger partial charge in [-0.15, -0.1) is 0 Å². The zero-order valence-electron chi connectivity index (χ0n) is 11.3. The van der Waals surface area contributed by atoms with Crippen LogP contribution in [0.3, 0.4) is 0 Å². The van der Waals surface area contributed by atoms with Crippen LogP contribution in [0.4, 0.5) is 0 Å². The minimum atomic E-state index is 0.353. The zero-order chi connectivity index (χ0) is 14.3. The lowest BCUT2D eigenvalue weighted by molar-refractivity contribution is 0.476. The lowest BCUT2D eigenvalue weighted by atomic mass is 10.0. The van der Waals surface area contributed by atoms with Crippen molar-refractivity contribution in [3.05, 3.63) is 39.7 Å². The number of aromatic amines is 1. The van der Waals surface area contributed by atoms with Crippen molar-refractivity contribution in [2.75, 3.05) is 0 Å². The van der Waals surface area contributed by atoms with Crippen molar-refractivity contribution < 1.29 is 4.74 Å². The first-order valence-corrected chi connectivity index (χ1v) is 6.91. The summed E-state index contributed by atoms with van der Waals surface area (Å²) in [6.45, 7) is 3.80. The van der Waals surface area contributed by atoms with Crippen molar-refractivity contribution in [1.29, 1.82) is 5.26 Å². The third-order valence-electron chi connectivity index (χ3n) is 3.53. The second-order valence-corrected chi connectivity index (χ2v) is 5.54. The monoisotopic (exact) mass is 287 g/mol. The average Bonchev–Trinajstić information content (AvgIpc) is 3.16. The van der Waals surface area contributed by atoms with Gasteiger partial charge in [-0.1, -0.05) is 11.6 Å². The van der Waals surface area contributed by atoms with Gasteiger partial charge >= 0.3 is 0 Å². The summed E-state index contributed by atoms with van der Waals surface area (Å²) in [5.41, 5.74) is 3.46. The normalized spacial score (nSPS) is 14.1. The van der Waals surface area contributed by atoms with E-state index in [2.05, 4.69) is 16.3 Å². The Morgan fingerprint density at radius 3 is 2.55 bits per heavy atom. The van der Waals surface area contributed by atoms with E-state index in [-0.39, 0.29) is 0 Å². The number of H-pyrrole nitrogens is 1. The number of ether oxygens (including phenoxy) is 1. The highest BCUT2D eigenvalue weighted by molar-refractivity contribution is 6.31. The van der Waals surface area contributed by atoms with Gasteiger partial charge in [0.1, 0.15) is 5.75 Å². The third kappa shape index (κ3) is 2.25. The van der Waals surface area contributed by atoms with Gasteiger partial charge in [0, 0.05) is 5.92 Å². The molecule has 0 radical (unpaired) electrons. The summed E-state index contributed by atoms with van der Waals surface area (Å²) in [7, 11) is 0. The number of hydrogen-bond donors (Lipinski definition) is 1. The van der Waals surface area contributed by atoms with Gasteiger partial charge in [0.15, 0.2) is 10.9 Å². The molecule has 5 heteroatoms. The van der Waals surface area contributed by atoms with Gasteiger partial charge in [0.2, 0.25) is 0 Å². The maximum Gasteiger partial charge on any atom is 0.193 e. The Kier molecular flexibility index (Phi) is 3.15. The summed E-state index contributed by atoms with van der Waals surface area (Å²) in [4.78, 5) is 0. The summed E-state index contributed by atoms with van der Waals surface area (Å²) in [5.74, 6) is 1.77. The molecular weight excluding hydrogens is 274 g/mol. The molecule has 1 aromatic heterocycles. The minimum absolute atomic E-state index is 0.353. The van der Waals surface area contributed by atoms with E-state index in [1.165, 1.54) is 0 Å². The highest BCUT2D eigenvalue weighted by Crippen LogP contribution is 2.46. The summed E-state index contributed by atoms with van der Waals surface area (Å²) in [6, 6.07) is 5.91. The van der Waals surface area contributed by atoms with Gasteiger partial charge in [-0.3, -0.25) is 5.10 Å². The molecule has 1 fully saturated rings. The van der Waals surface area contributed by atoms with Crippen LogP contribution in [-0.2, 0) is 0 Å². The molecule has 1 saturated carbocycles. The van der Waals surface area contributed by atoms with E-state index in [0.717, 1.165) is 29.7 Å². The van der Waals surface area contributed by atoms with Gasteiger partial charge < -0.3 is 4.74 Å². The van der Waals surface area contributed by atoms with Crippen molar-refractivity contribution in [2.45, 2.75) is 32.6 Å². The molecule has 0 aliphatic heterocycles. The summed E-state index contributed by atoms with van der Waals surface area (Å²) in [5, 5.41) is 16.4. The Hall–Kier alpha value is -1.99. The topological polar surface area (TPSA) is 61.7 Å². The number of nitrogens with zero attached hydrogens (tertiary/aromatic N) is 2. The molecule has 0 saturated heterocycles. The SMILES string of the molecule is Cc1cc(Oc2c(Cl)n[nH]c2C2CC2)cc(C)c1C#N. The highest BCUT2D eigenvalue weighted by atomic mass is 35.5. The number of halogens is 1. The predicted octanol–water partition coefficient (Wildman–Crippen LogP) is 4.22. The molecule has 0 bridgehead atoms. The van der Waals surface area contributed by atoms with E-state index in [0.29, 0.717) is 28.1 Å². The second-order valence-electron chi connectivity index (χ2n) is 5.18. The first kappa shape index (κ1) is 13.0. The fraction of sp³-hybridized carbons (Fsp3) is 0.333. The van der Waals surface area contributed by atoms with Crippen LogP contribution in [0.5, 0.6) is 11.5 Å². The third-order valence-corrected chi connectivity index (χ3v) is 3.79. The summed E-state index contributed by atoms with van der Waals surface area (Å²) in [6.07, 6.45) is 2.28.